The first-order chi connectivity index (χ1) is 9.28. The molecule has 0 aliphatic carbocycles. The van der Waals surface area contributed by atoms with Gasteiger partial charge >= 0.3 is 0 Å². The molecule has 0 atom stereocenters. The SMILES string of the molecule is COc1ccc2c(c1)C(=O)/C(=C\c1ccccc1)O2. The number of ketones is 1. The minimum atomic E-state index is -0.113. The molecule has 3 nitrogen and oxygen atoms in total. The zero-order chi connectivity index (χ0) is 13.2. The van der Waals surface area contributed by atoms with Crippen LogP contribution in [0.25, 0.3) is 6.08 Å². The Morgan fingerprint density at radius 3 is 2.63 bits per heavy atom. The molecular weight excluding hydrogens is 240 g/mol. The van der Waals surface area contributed by atoms with E-state index in [1.807, 2.05) is 30.3 Å². The number of benzene rings is 2. The van der Waals surface area contributed by atoms with Crippen LogP contribution in [-0.2, 0) is 0 Å². The fraction of sp³-hybridized carbons (Fsp3) is 0.0625. The molecule has 2 aromatic rings. The van der Waals surface area contributed by atoms with Gasteiger partial charge in [0, 0.05) is 0 Å². The summed E-state index contributed by atoms with van der Waals surface area (Å²) < 4.78 is 10.7. The number of hydrogen-bond donors (Lipinski definition) is 0. The quantitative estimate of drug-likeness (QED) is 0.769. The molecule has 0 radical (unpaired) electrons. The number of carbonyl (C=O) groups excluding carboxylic acids is 1. The third-order valence-electron chi connectivity index (χ3n) is 2.97. The van der Waals surface area contributed by atoms with Crippen LogP contribution in [0.15, 0.2) is 54.3 Å². The average Bonchev–Trinajstić information content (AvgIpc) is 2.76. The molecule has 2 aromatic carbocycles. The van der Waals surface area contributed by atoms with Crippen molar-refractivity contribution in [2.75, 3.05) is 7.11 Å². The summed E-state index contributed by atoms with van der Waals surface area (Å²) in [5, 5.41) is 0. The van der Waals surface area contributed by atoms with Gasteiger partial charge in [-0.2, -0.15) is 0 Å². The third kappa shape index (κ3) is 2.10. The Bertz CT molecular complexity index is 657. The molecule has 1 heterocycles. The molecule has 94 valence electrons. The van der Waals surface area contributed by atoms with Gasteiger partial charge in [0.15, 0.2) is 5.76 Å². The lowest BCUT2D eigenvalue weighted by Gasteiger charge is -2.00. The van der Waals surface area contributed by atoms with Crippen molar-refractivity contribution in [3.05, 3.63) is 65.4 Å². The fourth-order valence-corrected chi connectivity index (χ4v) is 2.00. The van der Waals surface area contributed by atoms with Crippen LogP contribution in [0.3, 0.4) is 0 Å². The van der Waals surface area contributed by atoms with Gasteiger partial charge in [0.25, 0.3) is 0 Å². The van der Waals surface area contributed by atoms with Gasteiger partial charge in [-0.15, -0.1) is 0 Å². The smallest absolute Gasteiger partial charge is 0.232 e. The second-order valence-corrected chi connectivity index (χ2v) is 4.21. The molecule has 1 aliphatic rings. The van der Waals surface area contributed by atoms with Crippen molar-refractivity contribution in [2.45, 2.75) is 0 Å². The van der Waals surface area contributed by atoms with Crippen molar-refractivity contribution in [3.8, 4) is 11.5 Å². The zero-order valence-corrected chi connectivity index (χ0v) is 10.4. The van der Waals surface area contributed by atoms with Gasteiger partial charge in [-0.3, -0.25) is 4.79 Å². The summed E-state index contributed by atoms with van der Waals surface area (Å²) >= 11 is 0. The molecule has 0 N–H and O–H groups in total. The lowest BCUT2D eigenvalue weighted by Crippen LogP contribution is -1.98. The molecule has 0 unspecified atom stereocenters. The van der Waals surface area contributed by atoms with Gasteiger partial charge in [0.2, 0.25) is 5.78 Å². The van der Waals surface area contributed by atoms with E-state index in [0.29, 0.717) is 22.8 Å². The summed E-state index contributed by atoms with van der Waals surface area (Å²) in [6.07, 6.45) is 1.74. The highest BCUT2D eigenvalue weighted by Crippen LogP contribution is 2.34. The van der Waals surface area contributed by atoms with Crippen molar-refractivity contribution < 1.29 is 14.3 Å². The lowest BCUT2D eigenvalue weighted by atomic mass is 10.1. The average molecular weight is 252 g/mol. The van der Waals surface area contributed by atoms with Crippen LogP contribution in [0.1, 0.15) is 15.9 Å². The Kier molecular flexibility index (Phi) is 2.80. The van der Waals surface area contributed by atoms with Crippen molar-refractivity contribution in [1.29, 1.82) is 0 Å². The predicted octanol–water partition coefficient (Wildman–Crippen LogP) is 3.31. The van der Waals surface area contributed by atoms with E-state index in [0.717, 1.165) is 5.56 Å². The molecule has 0 aromatic heterocycles. The van der Waals surface area contributed by atoms with Crippen LogP contribution in [-0.4, -0.2) is 12.9 Å². The van der Waals surface area contributed by atoms with Crippen LogP contribution in [0.5, 0.6) is 11.5 Å². The Labute approximate surface area is 111 Å². The van der Waals surface area contributed by atoms with Crippen LogP contribution < -0.4 is 9.47 Å². The molecule has 3 heteroatoms. The Balaban J connectivity index is 1.97. The number of carbonyl (C=O) groups is 1. The first kappa shape index (κ1) is 11.5. The van der Waals surface area contributed by atoms with Gasteiger partial charge < -0.3 is 9.47 Å². The predicted molar refractivity (Wildman–Crippen MR) is 72.4 cm³/mol. The van der Waals surface area contributed by atoms with Crippen molar-refractivity contribution >= 4 is 11.9 Å². The van der Waals surface area contributed by atoms with Crippen molar-refractivity contribution in [1.82, 2.24) is 0 Å². The maximum Gasteiger partial charge on any atom is 0.232 e. The second kappa shape index (κ2) is 4.61. The van der Waals surface area contributed by atoms with E-state index < -0.39 is 0 Å². The normalized spacial score (nSPS) is 15.2. The first-order valence-electron chi connectivity index (χ1n) is 5.95. The maximum absolute atomic E-state index is 12.2. The van der Waals surface area contributed by atoms with Gasteiger partial charge in [0.1, 0.15) is 11.5 Å². The fourth-order valence-electron chi connectivity index (χ4n) is 2.00. The standard InChI is InChI=1S/C16H12O3/c1-18-12-7-8-14-13(10-12)16(17)15(19-14)9-11-5-3-2-4-6-11/h2-10H,1H3/b15-9+. The molecule has 0 amide bonds. The molecule has 3 rings (SSSR count). The zero-order valence-electron chi connectivity index (χ0n) is 10.4. The molecule has 1 aliphatic heterocycles. The minimum absolute atomic E-state index is 0.113. The number of methoxy groups -OCH3 is 1. The lowest BCUT2D eigenvalue weighted by molar-refractivity contribution is 0.101. The number of hydrogen-bond acceptors (Lipinski definition) is 3. The van der Waals surface area contributed by atoms with Crippen LogP contribution in [0.2, 0.25) is 0 Å². The highest BCUT2D eigenvalue weighted by molar-refractivity contribution is 6.14. The number of Topliss-reactive ketones (excluding diaryl/α,β-unsaturated/α-hetero) is 1. The maximum atomic E-state index is 12.2. The van der Waals surface area contributed by atoms with Crippen LogP contribution in [0.4, 0.5) is 0 Å². The molecule has 0 spiro atoms. The van der Waals surface area contributed by atoms with Crippen LogP contribution in [0, 0.1) is 0 Å². The number of allylic oxidation sites excluding steroid dienone is 1. The first-order valence-corrected chi connectivity index (χ1v) is 5.95. The summed E-state index contributed by atoms with van der Waals surface area (Å²) in [7, 11) is 1.57. The third-order valence-corrected chi connectivity index (χ3v) is 2.97. The van der Waals surface area contributed by atoms with E-state index in [-0.39, 0.29) is 5.78 Å². The highest BCUT2D eigenvalue weighted by atomic mass is 16.5. The summed E-state index contributed by atoms with van der Waals surface area (Å²) in [5.41, 5.74) is 1.48. The Morgan fingerprint density at radius 2 is 1.89 bits per heavy atom. The van der Waals surface area contributed by atoms with E-state index >= 15 is 0 Å². The van der Waals surface area contributed by atoms with Crippen molar-refractivity contribution in [2.24, 2.45) is 0 Å². The second-order valence-electron chi connectivity index (χ2n) is 4.21. The highest BCUT2D eigenvalue weighted by Gasteiger charge is 2.27. The summed E-state index contributed by atoms with van der Waals surface area (Å²) in [6, 6.07) is 14.8. The van der Waals surface area contributed by atoms with Crippen molar-refractivity contribution in [3.63, 3.8) is 0 Å². The number of rotatable bonds is 2. The molecular formula is C16H12O3. The number of fused-ring (bicyclic) bond motifs is 1. The molecule has 0 fully saturated rings. The largest absolute Gasteiger partial charge is 0.497 e. The van der Waals surface area contributed by atoms with Crippen LogP contribution >= 0.6 is 0 Å². The molecule has 0 saturated carbocycles. The Hall–Kier alpha value is -2.55. The van der Waals surface area contributed by atoms with E-state index in [1.54, 1.807) is 31.4 Å². The van der Waals surface area contributed by atoms with Gasteiger partial charge in [-0.1, -0.05) is 30.3 Å². The minimum Gasteiger partial charge on any atom is -0.497 e. The summed E-state index contributed by atoms with van der Waals surface area (Å²) in [6.45, 7) is 0. The van der Waals surface area contributed by atoms with E-state index in [9.17, 15) is 4.79 Å². The summed E-state index contributed by atoms with van der Waals surface area (Å²) in [5.74, 6) is 1.46. The summed E-state index contributed by atoms with van der Waals surface area (Å²) in [4.78, 5) is 12.2. The monoisotopic (exact) mass is 252 g/mol. The number of ether oxygens (including phenoxy) is 2. The molecule has 19 heavy (non-hydrogen) atoms. The topological polar surface area (TPSA) is 35.5 Å². The van der Waals surface area contributed by atoms with E-state index in [4.69, 9.17) is 9.47 Å². The molecule has 0 bridgehead atoms. The van der Waals surface area contributed by atoms with E-state index in [1.165, 1.54) is 0 Å². The molecule has 0 saturated heterocycles. The Morgan fingerprint density at radius 1 is 1.11 bits per heavy atom. The van der Waals surface area contributed by atoms with E-state index in [2.05, 4.69) is 0 Å². The van der Waals surface area contributed by atoms with Gasteiger partial charge in [-0.05, 0) is 29.8 Å². The van der Waals surface area contributed by atoms with Gasteiger partial charge in [-0.25, -0.2) is 0 Å². The van der Waals surface area contributed by atoms with Gasteiger partial charge in [0.05, 0.1) is 12.7 Å².